The van der Waals surface area contributed by atoms with E-state index in [1.54, 1.807) is 6.26 Å². The van der Waals surface area contributed by atoms with Crippen LogP contribution in [0.15, 0.2) is 33.0 Å². The van der Waals surface area contributed by atoms with Gasteiger partial charge >= 0.3 is 0 Å². The van der Waals surface area contributed by atoms with Gasteiger partial charge in [-0.05, 0) is 12.1 Å². The zero-order chi connectivity index (χ0) is 12.7. The number of fused-ring (bicyclic) bond motifs is 1. The van der Waals surface area contributed by atoms with E-state index in [0.717, 1.165) is 16.2 Å². The molecule has 1 N–H and O–H groups in total. The number of H-pyrrole nitrogens is 1. The van der Waals surface area contributed by atoms with Crippen molar-refractivity contribution >= 4 is 21.6 Å². The van der Waals surface area contributed by atoms with Crippen LogP contribution in [-0.2, 0) is 0 Å². The third kappa shape index (κ3) is 1.67. The van der Waals surface area contributed by atoms with Gasteiger partial charge in [-0.1, -0.05) is 13.8 Å². The fourth-order valence-electron chi connectivity index (χ4n) is 1.85. The number of hydrogen-bond donors (Lipinski definition) is 1. The van der Waals surface area contributed by atoms with Crippen molar-refractivity contribution in [3.05, 3.63) is 40.0 Å². The van der Waals surface area contributed by atoms with Gasteiger partial charge < -0.3 is 9.40 Å². The van der Waals surface area contributed by atoms with E-state index in [2.05, 4.69) is 9.97 Å². The number of aromatic nitrogens is 2. The molecule has 0 aromatic carbocycles. The Morgan fingerprint density at radius 1 is 1.44 bits per heavy atom. The molecule has 3 aromatic rings. The summed E-state index contributed by atoms with van der Waals surface area (Å²) in [6, 6.07) is 3.65. The lowest BCUT2D eigenvalue weighted by Gasteiger charge is -2.03. The highest BCUT2D eigenvalue weighted by atomic mass is 32.1. The number of furan rings is 1. The number of nitrogens with zero attached hydrogens (tertiary/aromatic N) is 1. The topological polar surface area (TPSA) is 58.9 Å². The van der Waals surface area contributed by atoms with Gasteiger partial charge in [0.15, 0.2) is 0 Å². The number of hydrogen-bond acceptors (Lipinski definition) is 4. The van der Waals surface area contributed by atoms with Gasteiger partial charge in [-0.15, -0.1) is 11.3 Å². The zero-order valence-electron chi connectivity index (χ0n) is 10.1. The molecule has 5 heteroatoms. The Bertz CT molecular complexity index is 738. The van der Waals surface area contributed by atoms with Crippen LogP contribution in [0, 0.1) is 0 Å². The lowest BCUT2D eigenvalue weighted by molar-refractivity contribution is 0.583. The van der Waals surface area contributed by atoms with Crippen molar-refractivity contribution in [3.63, 3.8) is 0 Å². The van der Waals surface area contributed by atoms with Gasteiger partial charge in [0.05, 0.1) is 11.6 Å². The minimum atomic E-state index is -0.101. The summed E-state index contributed by atoms with van der Waals surface area (Å²) in [6.45, 7) is 4.01. The first kappa shape index (κ1) is 11.2. The van der Waals surface area contributed by atoms with Crippen LogP contribution in [0.25, 0.3) is 21.5 Å². The third-order valence-electron chi connectivity index (χ3n) is 2.80. The summed E-state index contributed by atoms with van der Waals surface area (Å²) in [4.78, 5) is 20.2. The average Bonchev–Trinajstić information content (AvgIpc) is 2.96. The second-order valence-electron chi connectivity index (χ2n) is 4.41. The molecule has 3 heterocycles. The summed E-state index contributed by atoms with van der Waals surface area (Å²) in [6.07, 6.45) is 1.60. The van der Waals surface area contributed by atoms with Gasteiger partial charge in [0.1, 0.15) is 16.4 Å². The Morgan fingerprint density at radius 3 is 2.94 bits per heavy atom. The second-order valence-corrected chi connectivity index (χ2v) is 5.27. The zero-order valence-corrected chi connectivity index (χ0v) is 10.9. The van der Waals surface area contributed by atoms with Crippen LogP contribution in [0.5, 0.6) is 0 Å². The van der Waals surface area contributed by atoms with Gasteiger partial charge in [0, 0.05) is 16.9 Å². The lowest BCUT2D eigenvalue weighted by atomic mass is 10.2. The largest absolute Gasteiger partial charge is 0.464 e. The quantitative estimate of drug-likeness (QED) is 0.768. The Labute approximate surface area is 107 Å². The minimum Gasteiger partial charge on any atom is -0.464 e. The molecule has 0 radical (unpaired) electrons. The summed E-state index contributed by atoms with van der Waals surface area (Å²) in [5, 5.41) is 2.52. The van der Waals surface area contributed by atoms with Crippen molar-refractivity contribution < 1.29 is 4.42 Å². The molecule has 0 aliphatic rings. The van der Waals surface area contributed by atoms with Crippen LogP contribution in [-0.4, -0.2) is 9.97 Å². The molecule has 3 aromatic heterocycles. The van der Waals surface area contributed by atoms with Crippen LogP contribution in [0.4, 0.5) is 0 Å². The monoisotopic (exact) mass is 260 g/mol. The van der Waals surface area contributed by atoms with E-state index in [4.69, 9.17) is 4.42 Å². The van der Waals surface area contributed by atoms with Crippen molar-refractivity contribution in [1.29, 1.82) is 0 Å². The fourth-order valence-corrected chi connectivity index (χ4v) is 2.79. The van der Waals surface area contributed by atoms with Gasteiger partial charge in [-0.3, -0.25) is 4.79 Å². The molecular weight excluding hydrogens is 248 g/mol. The lowest BCUT2D eigenvalue weighted by Crippen LogP contribution is -2.12. The summed E-state index contributed by atoms with van der Waals surface area (Å²) in [7, 11) is 0. The first-order valence-corrected chi connectivity index (χ1v) is 6.60. The number of rotatable bonds is 2. The Balaban J connectivity index is 2.30. The van der Waals surface area contributed by atoms with E-state index >= 15 is 0 Å². The number of thiophene rings is 1. The molecule has 0 atom stereocenters. The third-order valence-corrected chi connectivity index (χ3v) is 3.67. The first-order valence-electron chi connectivity index (χ1n) is 5.72. The van der Waals surface area contributed by atoms with Crippen LogP contribution in [0.2, 0.25) is 0 Å². The maximum absolute atomic E-state index is 12.2. The normalized spacial score (nSPS) is 11.5. The molecule has 0 saturated heterocycles. The van der Waals surface area contributed by atoms with Crippen LogP contribution in [0.1, 0.15) is 25.6 Å². The van der Waals surface area contributed by atoms with E-state index in [1.165, 1.54) is 11.3 Å². The van der Waals surface area contributed by atoms with Crippen LogP contribution >= 0.6 is 11.3 Å². The van der Waals surface area contributed by atoms with E-state index < -0.39 is 0 Å². The van der Waals surface area contributed by atoms with E-state index in [-0.39, 0.29) is 11.5 Å². The SMILES string of the molecule is CC(C)c1nc2scc(-c3ccco3)c2c(=O)[nH]1. The molecule has 92 valence electrons. The summed E-state index contributed by atoms with van der Waals surface area (Å²) in [5.41, 5.74) is 0.709. The Morgan fingerprint density at radius 2 is 2.28 bits per heavy atom. The van der Waals surface area contributed by atoms with Crippen LogP contribution < -0.4 is 5.56 Å². The number of aromatic amines is 1. The molecule has 3 rings (SSSR count). The Hall–Kier alpha value is -1.88. The van der Waals surface area contributed by atoms with Crippen molar-refractivity contribution in [2.24, 2.45) is 0 Å². The fraction of sp³-hybridized carbons (Fsp3) is 0.231. The molecule has 18 heavy (non-hydrogen) atoms. The predicted octanol–water partition coefficient (Wildman–Crippen LogP) is 3.37. The standard InChI is InChI=1S/C13H12N2O2S/c1-7(2)11-14-12(16)10-8(6-18-13(10)15-11)9-4-3-5-17-9/h3-7H,1-2H3,(H,14,15,16). The smallest absolute Gasteiger partial charge is 0.260 e. The molecule has 0 saturated carbocycles. The van der Waals surface area contributed by atoms with E-state index in [0.29, 0.717) is 11.1 Å². The first-order chi connectivity index (χ1) is 8.66. The molecule has 0 aliphatic carbocycles. The van der Waals surface area contributed by atoms with Crippen LogP contribution in [0.3, 0.4) is 0 Å². The van der Waals surface area contributed by atoms with Gasteiger partial charge in [0.25, 0.3) is 5.56 Å². The maximum Gasteiger partial charge on any atom is 0.260 e. The molecule has 0 amide bonds. The van der Waals surface area contributed by atoms with Gasteiger partial charge in [-0.2, -0.15) is 0 Å². The highest BCUT2D eigenvalue weighted by Gasteiger charge is 2.15. The maximum atomic E-state index is 12.2. The van der Waals surface area contributed by atoms with Crippen molar-refractivity contribution in [1.82, 2.24) is 9.97 Å². The molecule has 4 nitrogen and oxygen atoms in total. The molecule has 0 aliphatic heterocycles. The Kier molecular flexibility index (Phi) is 2.56. The highest BCUT2D eigenvalue weighted by Crippen LogP contribution is 2.31. The molecule has 0 fully saturated rings. The van der Waals surface area contributed by atoms with Crippen molar-refractivity contribution in [3.8, 4) is 11.3 Å². The van der Waals surface area contributed by atoms with Gasteiger partial charge in [-0.25, -0.2) is 4.98 Å². The highest BCUT2D eigenvalue weighted by molar-refractivity contribution is 7.17. The molecule has 0 bridgehead atoms. The summed E-state index contributed by atoms with van der Waals surface area (Å²) >= 11 is 1.47. The van der Waals surface area contributed by atoms with Crippen molar-refractivity contribution in [2.45, 2.75) is 19.8 Å². The molecular formula is C13H12N2O2S. The molecule has 0 spiro atoms. The van der Waals surface area contributed by atoms with E-state index in [9.17, 15) is 4.79 Å². The molecule has 0 unspecified atom stereocenters. The average molecular weight is 260 g/mol. The minimum absolute atomic E-state index is 0.101. The second kappa shape index (κ2) is 4.10. The van der Waals surface area contributed by atoms with E-state index in [1.807, 2.05) is 31.4 Å². The van der Waals surface area contributed by atoms with Gasteiger partial charge in [0.2, 0.25) is 0 Å². The number of nitrogens with one attached hydrogen (secondary N) is 1. The summed E-state index contributed by atoms with van der Waals surface area (Å²) in [5.74, 6) is 1.63. The summed E-state index contributed by atoms with van der Waals surface area (Å²) < 4.78 is 5.34. The predicted molar refractivity (Wildman–Crippen MR) is 72.0 cm³/mol. The van der Waals surface area contributed by atoms with Crippen molar-refractivity contribution in [2.75, 3.05) is 0 Å².